The minimum atomic E-state index is 0.827. The number of nitrogens with one attached hydrogen (secondary N) is 1. The van der Waals surface area contributed by atoms with Crippen molar-refractivity contribution < 1.29 is 0 Å². The fourth-order valence-electron chi connectivity index (χ4n) is 2.19. The summed E-state index contributed by atoms with van der Waals surface area (Å²) < 4.78 is 0. The smallest absolute Gasteiger partial charge is 0.0406 e. The van der Waals surface area contributed by atoms with Crippen LogP contribution in [-0.2, 0) is 5.75 Å². The second kappa shape index (κ2) is 7.30. The maximum Gasteiger partial charge on any atom is 0.0406 e. The summed E-state index contributed by atoms with van der Waals surface area (Å²) in [5.74, 6) is 3.35. The molecular weight excluding hydrogens is 250 g/mol. The molecule has 1 nitrogen and oxygen atoms in total. The van der Waals surface area contributed by atoms with E-state index in [2.05, 4.69) is 17.4 Å². The summed E-state index contributed by atoms with van der Waals surface area (Å²) in [6, 6.07) is 8.20. The highest BCUT2D eigenvalue weighted by Gasteiger charge is 2.11. The van der Waals surface area contributed by atoms with Crippen molar-refractivity contribution in [3.63, 3.8) is 0 Å². The quantitative estimate of drug-likeness (QED) is 0.812. The molecule has 0 atom stereocenters. The number of thioether (sulfide) groups is 1. The minimum absolute atomic E-state index is 0.827. The molecule has 1 saturated heterocycles. The van der Waals surface area contributed by atoms with Gasteiger partial charge >= 0.3 is 0 Å². The number of piperidine rings is 1. The van der Waals surface area contributed by atoms with Crippen molar-refractivity contribution in [1.82, 2.24) is 5.32 Å². The first kappa shape index (κ1) is 13.3. The Balaban J connectivity index is 1.60. The van der Waals surface area contributed by atoms with Gasteiger partial charge in [-0.15, -0.1) is 0 Å². The van der Waals surface area contributed by atoms with E-state index in [0.29, 0.717) is 0 Å². The van der Waals surface area contributed by atoms with E-state index in [9.17, 15) is 0 Å². The molecule has 1 N–H and O–H groups in total. The zero-order valence-electron chi connectivity index (χ0n) is 10.1. The van der Waals surface area contributed by atoms with Crippen molar-refractivity contribution in [3.05, 3.63) is 34.9 Å². The van der Waals surface area contributed by atoms with Gasteiger partial charge in [0.2, 0.25) is 0 Å². The lowest BCUT2D eigenvalue weighted by molar-refractivity contribution is 0.367. The van der Waals surface area contributed by atoms with Crippen molar-refractivity contribution in [1.29, 1.82) is 0 Å². The summed E-state index contributed by atoms with van der Waals surface area (Å²) in [4.78, 5) is 0. The van der Waals surface area contributed by atoms with Gasteiger partial charge in [-0.05, 0) is 61.7 Å². The molecule has 1 aliphatic heterocycles. The third-order valence-electron chi connectivity index (χ3n) is 3.31. The molecule has 0 aromatic heterocycles. The molecule has 0 saturated carbocycles. The monoisotopic (exact) mass is 269 g/mol. The van der Waals surface area contributed by atoms with Crippen molar-refractivity contribution in [2.75, 3.05) is 18.8 Å². The highest BCUT2D eigenvalue weighted by atomic mass is 35.5. The van der Waals surface area contributed by atoms with Crippen LogP contribution in [0.3, 0.4) is 0 Å². The standard InChI is InChI=1S/C14H20ClNS/c15-14-3-1-13(2-4-14)11-17-10-7-12-5-8-16-9-6-12/h1-4,12,16H,5-11H2. The lowest BCUT2D eigenvalue weighted by Gasteiger charge is -2.22. The Hall–Kier alpha value is -0.180. The van der Waals surface area contributed by atoms with Gasteiger partial charge in [-0.25, -0.2) is 0 Å². The van der Waals surface area contributed by atoms with Crippen LogP contribution in [0.1, 0.15) is 24.8 Å². The Morgan fingerprint density at radius 2 is 1.88 bits per heavy atom. The Kier molecular flexibility index (Phi) is 5.69. The Morgan fingerprint density at radius 1 is 1.18 bits per heavy atom. The summed E-state index contributed by atoms with van der Waals surface area (Å²) in [5.41, 5.74) is 1.38. The molecule has 3 heteroatoms. The van der Waals surface area contributed by atoms with Crippen LogP contribution in [-0.4, -0.2) is 18.8 Å². The van der Waals surface area contributed by atoms with Crippen LogP contribution in [0.2, 0.25) is 5.02 Å². The zero-order valence-corrected chi connectivity index (χ0v) is 11.7. The molecule has 1 aromatic rings. The van der Waals surface area contributed by atoms with Crippen molar-refractivity contribution in [3.8, 4) is 0 Å². The summed E-state index contributed by atoms with van der Waals surface area (Å²) in [6.07, 6.45) is 4.10. The molecule has 2 rings (SSSR count). The molecule has 1 heterocycles. The van der Waals surface area contributed by atoms with E-state index in [4.69, 9.17) is 11.6 Å². The number of hydrogen-bond acceptors (Lipinski definition) is 2. The number of halogens is 1. The van der Waals surface area contributed by atoms with E-state index in [-0.39, 0.29) is 0 Å². The number of benzene rings is 1. The molecule has 1 aliphatic rings. The summed E-state index contributed by atoms with van der Waals surface area (Å²) in [6.45, 7) is 2.43. The molecular formula is C14H20ClNS. The largest absolute Gasteiger partial charge is 0.317 e. The van der Waals surface area contributed by atoms with Crippen LogP contribution in [0.5, 0.6) is 0 Å². The Labute approximate surface area is 113 Å². The van der Waals surface area contributed by atoms with Gasteiger partial charge in [0.05, 0.1) is 0 Å². The van der Waals surface area contributed by atoms with Gasteiger partial charge in [-0.3, -0.25) is 0 Å². The van der Waals surface area contributed by atoms with Crippen LogP contribution in [0.25, 0.3) is 0 Å². The van der Waals surface area contributed by atoms with Crippen LogP contribution < -0.4 is 5.32 Å². The molecule has 1 fully saturated rings. The molecule has 0 unspecified atom stereocenters. The Morgan fingerprint density at radius 3 is 2.59 bits per heavy atom. The minimum Gasteiger partial charge on any atom is -0.317 e. The predicted octanol–water partition coefficient (Wildman–Crippen LogP) is 3.96. The maximum atomic E-state index is 5.86. The molecule has 17 heavy (non-hydrogen) atoms. The third-order valence-corrected chi connectivity index (χ3v) is 4.62. The van der Waals surface area contributed by atoms with Crippen LogP contribution in [0.4, 0.5) is 0 Å². The van der Waals surface area contributed by atoms with E-state index in [1.165, 1.54) is 43.7 Å². The average Bonchev–Trinajstić information content (AvgIpc) is 2.38. The van der Waals surface area contributed by atoms with Gasteiger partial charge in [0.25, 0.3) is 0 Å². The SMILES string of the molecule is Clc1ccc(CSCCC2CCNCC2)cc1. The molecule has 0 amide bonds. The molecule has 94 valence electrons. The van der Waals surface area contributed by atoms with Crippen molar-refractivity contribution in [2.45, 2.75) is 25.0 Å². The van der Waals surface area contributed by atoms with Gasteiger partial charge in [-0.1, -0.05) is 23.7 Å². The van der Waals surface area contributed by atoms with Crippen molar-refractivity contribution in [2.24, 2.45) is 5.92 Å². The van der Waals surface area contributed by atoms with E-state index < -0.39 is 0 Å². The first-order chi connectivity index (χ1) is 8.34. The molecule has 0 bridgehead atoms. The molecule has 0 spiro atoms. The van der Waals surface area contributed by atoms with Gasteiger partial charge in [-0.2, -0.15) is 11.8 Å². The van der Waals surface area contributed by atoms with Crippen molar-refractivity contribution >= 4 is 23.4 Å². The fraction of sp³-hybridized carbons (Fsp3) is 0.571. The lowest BCUT2D eigenvalue weighted by atomic mass is 9.96. The predicted molar refractivity (Wildman–Crippen MR) is 77.8 cm³/mol. The van der Waals surface area contributed by atoms with Crippen LogP contribution in [0, 0.1) is 5.92 Å². The second-order valence-electron chi connectivity index (χ2n) is 4.66. The summed E-state index contributed by atoms with van der Waals surface area (Å²) in [5, 5.41) is 4.24. The fourth-order valence-corrected chi connectivity index (χ4v) is 3.39. The van der Waals surface area contributed by atoms with E-state index in [1.807, 2.05) is 23.9 Å². The summed E-state index contributed by atoms with van der Waals surface area (Å²) >= 11 is 7.90. The zero-order chi connectivity index (χ0) is 11.9. The third kappa shape index (κ3) is 4.90. The van der Waals surface area contributed by atoms with Gasteiger partial charge in [0.15, 0.2) is 0 Å². The maximum absolute atomic E-state index is 5.86. The van der Waals surface area contributed by atoms with E-state index in [1.54, 1.807) is 0 Å². The van der Waals surface area contributed by atoms with Crippen LogP contribution in [0.15, 0.2) is 24.3 Å². The molecule has 1 aromatic carbocycles. The van der Waals surface area contributed by atoms with Gasteiger partial charge in [0, 0.05) is 10.8 Å². The Bertz CT molecular complexity index is 319. The average molecular weight is 270 g/mol. The first-order valence-electron chi connectivity index (χ1n) is 6.37. The molecule has 0 radical (unpaired) electrons. The molecule has 0 aliphatic carbocycles. The van der Waals surface area contributed by atoms with E-state index >= 15 is 0 Å². The topological polar surface area (TPSA) is 12.0 Å². The van der Waals surface area contributed by atoms with E-state index in [0.717, 1.165) is 16.7 Å². The lowest BCUT2D eigenvalue weighted by Crippen LogP contribution is -2.27. The van der Waals surface area contributed by atoms with Gasteiger partial charge in [0.1, 0.15) is 0 Å². The first-order valence-corrected chi connectivity index (χ1v) is 7.91. The highest BCUT2D eigenvalue weighted by Crippen LogP contribution is 2.21. The number of rotatable bonds is 5. The second-order valence-corrected chi connectivity index (χ2v) is 6.20. The summed E-state index contributed by atoms with van der Waals surface area (Å²) in [7, 11) is 0. The van der Waals surface area contributed by atoms with Crippen LogP contribution >= 0.6 is 23.4 Å². The van der Waals surface area contributed by atoms with Gasteiger partial charge < -0.3 is 5.32 Å². The number of hydrogen-bond donors (Lipinski definition) is 1. The highest BCUT2D eigenvalue weighted by molar-refractivity contribution is 7.98. The normalized spacial score (nSPS) is 17.2.